The van der Waals surface area contributed by atoms with Gasteiger partial charge in [-0.25, -0.2) is 9.67 Å². The maximum atomic E-state index is 12.9. The first-order valence-electron chi connectivity index (χ1n) is 10.9. The Morgan fingerprint density at radius 2 is 1.81 bits per heavy atom. The van der Waals surface area contributed by atoms with Crippen molar-refractivity contribution >= 4 is 29.3 Å². The van der Waals surface area contributed by atoms with E-state index in [2.05, 4.69) is 20.7 Å². The van der Waals surface area contributed by atoms with Crippen LogP contribution in [0.2, 0.25) is 0 Å². The van der Waals surface area contributed by atoms with Crippen LogP contribution in [-0.4, -0.2) is 38.9 Å². The quantitative estimate of drug-likeness (QED) is 0.500. The van der Waals surface area contributed by atoms with E-state index in [1.54, 1.807) is 17.1 Å². The molecule has 1 fully saturated rings. The molecule has 166 valence electrons. The molecule has 4 rings (SSSR count). The van der Waals surface area contributed by atoms with Crippen LogP contribution in [0.1, 0.15) is 42.5 Å². The molecule has 3 aromatic rings. The SMILES string of the molecule is O=C(CSc1ccccc1C(=O)Nc1ccc(-n2cncn2)cc1)NCC1CCCCC1. The summed E-state index contributed by atoms with van der Waals surface area (Å²) >= 11 is 1.39. The summed E-state index contributed by atoms with van der Waals surface area (Å²) in [5.41, 5.74) is 2.09. The molecule has 1 aromatic heterocycles. The molecule has 8 heteroatoms. The number of anilines is 1. The van der Waals surface area contributed by atoms with E-state index in [9.17, 15) is 9.59 Å². The standard InChI is InChI=1S/C24H27N5O2S/c30-23(26-14-18-6-2-1-3-7-18)15-32-22-9-5-4-8-21(22)24(31)28-19-10-12-20(13-11-19)29-17-25-16-27-29/h4-5,8-13,16-18H,1-3,6-7,14-15H2,(H,26,30)(H,28,31). The normalized spacial score (nSPS) is 14.1. The molecule has 0 unspecified atom stereocenters. The van der Waals surface area contributed by atoms with Gasteiger partial charge in [0, 0.05) is 17.1 Å². The van der Waals surface area contributed by atoms with Crippen molar-refractivity contribution in [3.8, 4) is 5.69 Å². The minimum absolute atomic E-state index is 0.0134. The van der Waals surface area contributed by atoms with Crippen molar-refractivity contribution in [3.05, 3.63) is 66.7 Å². The van der Waals surface area contributed by atoms with Crippen LogP contribution in [-0.2, 0) is 4.79 Å². The number of nitrogens with zero attached hydrogens (tertiary/aromatic N) is 3. The van der Waals surface area contributed by atoms with E-state index in [0.717, 1.165) is 17.1 Å². The van der Waals surface area contributed by atoms with Gasteiger partial charge in [0.2, 0.25) is 5.91 Å². The van der Waals surface area contributed by atoms with E-state index in [0.29, 0.717) is 22.9 Å². The number of aromatic nitrogens is 3. The number of hydrogen-bond donors (Lipinski definition) is 2. The maximum Gasteiger partial charge on any atom is 0.256 e. The van der Waals surface area contributed by atoms with Gasteiger partial charge in [0.15, 0.2) is 0 Å². The third-order valence-electron chi connectivity index (χ3n) is 5.61. The average molecular weight is 450 g/mol. The molecule has 2 amide bonds. The number of hydrogen-bond acceptors (Lipinski definition) is 5. The Balaban J connectivity index is 1.32. The first-order chi connectivity index (χ1) is 15.7. The first kappa shape index (κ1) is 22.1. The highest BCUT2D eigenvalue weighted by Gasteiger charge is 2.16. The van der Waals surface area contributed by atoms with Gasteiger partial charge in [0.25, 0.3) is 5.91 Å². The molecule has 0 aliphatic heterocycles. The second kappa shape index (κ2) is 10.9. The summed E-state index contributed by atoms with van der Waals surface area (Å²) in [6.07, 6.45) is 9.34. The lowest BCUT2D eigenvalue weighted by Crippen LogP contribution is -2.31. The molecule has 1 aliphatic rings. The van der Waals surface area contributed by atoms with Crippen LogP contribution in [0.15, 0.2) is 66.1 Å². The van der Waals surface area contributed by atoms with Crippen LogP contribution in [0, 0.1) is 5.92 Å². The van der Waals surface area contributed by atoms with Crippen molar-refractivity contribution in [2.75, 3.05) is 17.6 Å². The molecule has 1 aliphatic carbocycles. The van der Waals surface area contributed by atoms with Crippen LogP contribution in [0.25, 0.3) is 5.69 Å². The maximum absolute atomic E-state index is 12.9. The zero-order valence-electron chi connectivity index (χ0n) is 17.9. The Bertz CT molecular complexity index is 1030. The van der Waals surface area contributed by atoms with Crippen molar-refractivity contribution < 1.29 is 9.59 Å². The Morgan fingerprint density at radius 1 is 1.03 bits per heavy atom. The van der Waals surface area contributed by atoms with Gasteiger partial charge in [-0.3, -0.25) is 9.59 Å². The van der Waals surface area contributed by atoms with Crippen molar-refractivity contribution in [1.29, 1.82) is 0 Å². The topological polar surface area (TPSA) is 88.9 Å². The van der Waals surface area contributed by atoms with Crippen LogP contribution >= 0.6 is 11.8 Å². The van der Waals surface area contributed by atoms with Crippen molar-refractivity contribution in [3.63, 3.8) is 0 Å². The lowest BCUT2D eigenvalue weighted by atomic mass is 9.89. The van der Waals surface area contributed by atoms with Crippen LogP contribution in [0.4, 0.5) is 5.69 Å². The number of carbonyl (C=O) groups is 2. The summed E-state index contributed by atoms with van der Waals surface area (Å²) in [4.78, 5) is 29.9. The largest absolute Gasteiger partial charge is 0.355 e. The number of benzene rings is 2. The van der Waals surface area contributed by atoms with Crippen molar-refractivity contribution in [2.45, 2.75) is 37.0 Å². The Labute approximate surface area is 192 Å². The number of rotatable bonds is 8. The summed E-state index contributed by atoms with van der Waals surface area (Å²) < 4.78 is 1.65. The highest BCUT2D eigenvalue weighted by Crippen LogP contribution is 2.25. The molecule has 2 N–H and O–H groups in total. The fourth-order valence-electron chi connectivity index (χ4n) is 3.86. The molecular weight excluding hydrogens is 422 g/mol. The molecule has 0 saturated heterocycles. The van der Waals surface area contributed by atoms with E-state index in [1.165, 1.54) is 50.2 Å². The predicted octanol–water partition coefficient (Wildman–Crippen LogP) is 4.31. The minimum Gasteiger partial charge on any atom is -0.355 e. The first-order valence-corrected chi connectivity index (χ1v) is 11.9. The molecule has 0 radical (unpaired) electrons. The summed E-state index contributed by atoms with van der Waals surface area (Å²) in [5.74, 6) is 0.708. The van der Waals surface area contributed by atoms with Gasteiger partial charge < -0.3 is 10.6 Å². The summed E-state index contributed by atoms with van der Waals surface area (Å²) in [7, 11) is 0. The highest BCUT2D eigenvalue weighted by molar-refractivity contribution is 8.00. The number of amides is 2. The second-order valence-electron chi connectivity index (χ2n) is 7.93. The third-order valence-corrected chi connectivity index (χ3v) is 6.69. The van der Waals surface area contributed by atoms with Crippen molar-refractivity contribution in [2.24, 2.45) is 5.92 Å². The fraction of sp³-hybridized carbons (Fsp3) is 0.333. The molecule has 0 atom stereocenters. The fourth-order valence-corrected chi connectivity index (χ4v) is 4.74. The summed E-state index contributed by atoms with van der Waals surface area (Å²) in [6.45, 7) is 0.756. The van der Waals surface area contributed by atoms with Gasteiger partial charge in [-0.1, -0.05) is 31.4 Å². The van der Waals surface area contributed by atoms with E-state index in [4.69, 9.17) is 0 Å². The lowest BCUT2D eigenvalue weighted by molar-refractivity contribution is -0.118. The Kier molecular flexibility index (Phi) is 7.55. The molecule has 32 heavy (non-hydrogen) atoms. The molecule has 2 aromatic carbocycles. The van der Waals surface area contributed by atoms with E-state index in [-0.39, 0.29) is 11.8 Å². The summed E-state index contributed by atoms with van der Waals surface area (Å²) in [5, 5.41) is 10.1. The second-order valence-corrected chi connectivity index (χ2v) is 8.95. The van der Waals surface area contributed by atoms with Crippen LogP contribution in [0.3, 0.4) is 0 Å². The predicted molar refractivity (Wildman–Crippen MR) is 126 cm³/mol. The number of carbonyl (C=O) groups excluding carboxylic acids is 2. The van der Waals surface area contributed by atoms with Crippen LogP contribution in [0.5, 0.6) is 0 Å². The molecule has 1 heterocycles. The zero-order chi connectivity index (χ0) is 22.2. The smallest absolute Gasteiger partial charge is 0.256 e. The van der Waals surface area contributed by atoms with E-state index >= 15 is 0 Å². The van der Waals surface area contributed by atoms with Gasteiger partial charge >= 0.3 is 0 Å². The average Bonchev–Trinajstić information content (AvgIpc) is 3.38. The van der Waals surface area contributed by atoms with Crippen molar-refractivity contribution in [1.82, 2.24) is 20.1 Å². The van der Waals surface area contributed by atoms with Gasteiger partial charge in [0.1, 0.15) is 12.7 Å². The molecule has 1 saturated carbocycles. The van der Waals surface area contributed by atoms with Gasteiger partial charge in [0.05, 0.1) is 17.0 Å². The molecule has 0 spiro atoms. The van der Waals surface area contributed by atoms with E-state index in [1.807, 2.05) is 42.5 Å². The Hall–Kier alpha value is -3.13. The zero-order valence-corrected chi connectivity index (χ0v) is 18.7. The van der Waals surface area contributed by atoms with Gasteiger partial charge in [-0.05, 0) is 55.2 Å². The van der Waals surface area contributed by atoms with Gasteiger partial charge in [-0.2, -0.15) is 5.10 Å². The molecule has 7 nitrogen and oxygen atoms in total. The molecular formula is C24H27N5O2S. The summed E-state index contributed by atoms with van der Waals surface area (Å²) in [6, 6.07) is 14.7. The highest BCUT2D eigenvalue weighted by atomic mass is 32.2. The van der Waals surface area contributed by atoms with Crippen LogP contribution < -0.4 is 10.6 Å². The number of nitrogens with one attached hydrogen (secondary N) is 2. The lowest BCUT2D eigenvalue weighted by Gasteiger charge is -2.21. The van der Waals surface area contributed by atoms with Gasteiger partial charge in [-0.15, -0.1) is 11.8 Å². The third kappa shape index (κ3) is 5.97. The molecule has 0 bridgehead atoms. The minimum atomic E-state index is -0.204. The number of thioether (sulfide) groups is 1. The Morgan fingerprint density at radius 3 is 2.56 bits per heavy atom. The monoisotopic (exact) mass is 449 g/mol. The van der Waals surface area contributed by atoms with E-state index < -0.39 is 0 Å².